The van der Waals surface area contributed by atoms with E-state index in [9.17, 15) is 9.18 Å². The van der Waals surface area contributed by atoms with Crippen LogP contribution in [0.15, 0.2) is 47.2 Å². The smallest absolute Gasteiger partial charge is 0.257 e. The number of methoxy groups -OCH3 is 1. The van der Waals surface area contributed by atoms with Crippen molar-refractivity contribution in [3.63, 3.8) is 0 Å². The Morgan fingerprint density at radius 1 is 1.44 bits per heavy atom. The van der Waals surface area contributed by atoms with Crippen LogP contribution in [0.3, 0.4) is 0 Å². The lowest BCUT2D eigenvalue weighted by Gasteiger charge is -2.25. The number of aromatic nitrogens is 2. The summed E-state index contributed by atoms with van der Waals surface area (Å²) in [4.78, 5) is 20.2. The highest BCUT2D eigenvalue weighted by atomic mass is 32.1. The Bertz CT molecular complexity index is 860. The van der Waals surface area contributed by atoms with E-state index in [1.807, 2.05) is 18.4 Å². The summed E-state index contributed by atoms with van der Waals surface area (Å²) < 4.78 is 18.4. The van der Waals surface area contributed by atoms with Crippen LogP contribution in [0.4, 0.5) is 9.52 Å². The highest BCUT2D eigenvalue weighted by Crippen LogP contribution is 2.38. The third-order valence-electron chi connectivity index (χ3n) is 4.10. The van der Waals surface area contributed by atoms with Crippen molar-refractivity contribution in [1.29, 1.82) is 0 Å². The van der Waals surface area contributed by atoms with Gasteiger partial charge in [0.2, 0.25) is 5.95 Å². The number of pyridine rings is 1. The molecule has 1 amide bonds. The summed E-state index contributed by atoms with van der Waals surface area (Å²) in [6, 6.07) is 2.55. The molecule has 0 radical (unpaired) electrons. The summed E-state index contributed by atoms with van der Waals surface area (Å²) in [7, 11) is 1.65. The van der Waals surface area contributed by atoms with E-state index in [-0.39, 0.29) is 17.4 Å². The average Bonchev–Trinajstić information content (AvgIpc) is 3.02. The second-order valence-corrected chi connectivity index (χ2v) is 6.76. The molecule has 1 N–H and O–H groups in total. The van der Waals surface area contributed by atoms with Gasteiger partial charge in [0.05, 0.1) is 12.8 Å². The second-order valence-electron chi connectivity index (χ2n) is 5.90. The molecule has 2 heterocycles. The van der Waals surface area contributed by atoms with Crippen LogP contribution in [0, 0.1) is 11.9 Å². The first-order valence-corrected chi connectivity index (χ1v) is 8.68. The minimum atomic E-state index is -0.690. The molecule has 130 valence electrons. The Labute approximate surface area is 149 Å². The quantitative estimate of drug-likeness (QED) is 0.834. The van der Waals surface area contributed by atoms with Gasteiger partial charge in [-0.2, -0.15) is 4.39 Å². The van der Waals surface area contributed by atoms with Crippen molar-refractivity contribution in [3.8, 4) is 0 Å². The highest BCUT2D eigenvalue weighted by Gasteiger charge is 2.26. The number of hydrogen-bond donors (Lipinski definition) is 1. The molecule has 25 heavy (non-hydrogen) atoms. The van der Waals surface area contributed by atoms with Crippen LogP contribution >= 0.6 is 11.3 Å². The van der Waals surface area contributed by atoms with Crippen molar-refractivity contribution in [2.24, 2.45) is 5.92 Å². The average molecular weight is 359 g/mol. The maximum atomic E-state index is 13.1. The van der Waals surface area contributed by atoms with Crippen molar-refractivity contribution in [2.75, 3.05) is 12.4 Å². The van der Waals surface area contributed by atoms with Crippen LogP contribution in [-0.2, 0) is 4.74 Å². The number of hydrogen-bond acceptors (Lipinski definition) is 5. The number of nitrogens with zero attached hydrogens (tertiary/aromatic N) is 2. The molecule has 2 atom stereocenters. The van der Waals surface area contributed by atoms with Crippen molar-refractivity contribution < 1.29 is 13.9 Å². The summed E-state index contributed by atoms with van der Waals surface area (Å²) in [5, 5.41) is 5.13. The van der Waals surface area contributed by atoms with Crippen LogP contribution in [0.2, 0.25) is 0 Å². The second kappa shape index (κ2) is 7.14. The summed E-state index contributed by atoms with van der Waals surface area (Å²) in [5.41, 5.74) is 2.26. The van der Waals surface area contributed by atoms with Crippen LogP contribution < -0.4 is 5.32 Å². The van der Waals surface area contributed by atoms with Crippen molar-refractivity contribution in [3.05, 3.63) is 64.4 Å². The number of halogens is 1. The van der Waals surface area contributed by atoms with Gasteiger partial charge in [0.25, 0.3) is 5.91 Å². The zero-order valence-electron chi connectivity index (χ0n) is 14.1. The first-order valence-electron chi connectivity index (χ1n) is 7.80. The minimum Gasteiger partial charge on any atom is -0.497 e. The molecule has 0 saturated carbocycles. The van der Waals surface area contributed by atoms with E-state index in [1.54, 1.807) is 7.11 Å². The van der Waals surface area contributed by atoms with Gasteiger partial charge >= 0.3 is 0 Å². The van der Waals surface area contributed by atoms with E-state index in [0.717, 1.165) is 23.1 Å². The zero-order valence-corrected chi connectivity index (χ0v) is 14.9. The fraction of sp³-hybridized carbons (Fsp3) is 0.278. The first-order chi connectivity index (χ1) is 12.0. The highest BCUT2D eigenvalue weighted by molar-refractivity contribution is 7.14. The predicted molar refractivity (Wildman–Crippen MR) is 95.0 cm³/mol. The summed E-state index contributed by atoms with van der Waals surface area (Å²) in [5.74, 6) is 0.126. The molecule has 0 spiro atoms. The summed E-state index contributed by atoms with van der Waals surface area (Å²) in [6.07, 6.45) is 5.33. The van der Waals surface area contributed by atoms with Crippen molar-refractivity contribution in [1.82, 2.24) is 9.97 Å². The molecule has 0 bridgehead atoms. The lowest BCUT2D eigenvalue weighted by atomic mass is 9.81. The van der Waals surface area contributed by atoms with Gasteiger partial charge in [-0.05, 0) is 31.1 Å². The molecule has 7 heteroatoms. The Hall–Kier alpha value is -2.54. The molecule has 0 aliphatic heterocycles. The molecular formula is C18H18FN3O2S. The van der Waals surface area contributed by atoms with Gasteiger partial charge in [0.1, 0.15) is 5.76 Å². The molecule has 0 saturated heterocycles. The molecule has 1 aliphatic rings. The van der Waals surface area contributed by atoms with Gasteiger partial charge in [0, 0.05) is 29.1 Å². The Balaban J connectivity index is 1.76. The Morgan fingerprint density at radius 2 is 2.24 bits per heavy atom. The van der Waals surface area contributed by atoms with Crippen molar-refractivity contribution >= 4 is 22.4 Å². The van der Waals surface area contributed by atoms with E-state index in [2.05, 4.69) is 28.3 Å². The van der Waals surface area contributed by atoms with E-state index >= 15 is 0 Å². The molecule has 2 aromatic rings. The molecule has 2 aromatic heterocycles. The number of anilines is 1. The number of allylic oxidation sites excluding steroid dienone is 3. The topological polar surface area (TPSA) is 64.1 Å². The number of ether oxygens (including phenoxy) is 1. The van der Waals surface area contributed by atoms with Gasteiger partial charge in [-0.15, -0.1) is 11.3 Å². The largest absolute Gasteiger partial charge is 0.497 e. The predicted octanol–water partition coefficient (Wildman–Crippen LogP) is 4.14. The van der Waals surface area contributed by atoms with Gasteiger partial charge in [-0.1, -0.05) is 12.5 Å². The number of carbonyl (C=O) groups excluding carboxylic acids is 1. The summed E-state index contributed by atoms with van der Waals surface area (Å²) in [6.45, 7) is 4.15. The van der Waals surface area contributed by atoms with Gasteiger partial charge in [-0.3, -0.25) is 10.1 Å². The lowest BCUT2D eigenvalue weighted by molar-refractivity contribution is 0.102. The van der Waals surface area contributed by atoms with E-state index < -0.39 is 11.9 Å². The van der Waals surface area contributed by atoms with Crippen LogP contribution in [0.25, 0.3) is 0 Å². The maximum Gasteiger partial charge on any atom is 0.257 e. The van der Waals surface area contributed by atoms with Crippen molar-refractivity contribution in [2.45, 2.75) is 19.8 Å². The minimum absolute atomic E-state index is 0.138. The lowest BCUT2D eigenvalue weighted by Crippen LogP contribution is -2.15. The van der Waals surface area contributed by atoms with E-state index in [1.165, 1.54) is 23.6 Å². The van der Waals surface area contributed by atoms with Crippen LogP contribution in [0.1, 0.15) is 35.8 Å². The molecule has 1 aliphatic carbocycles. The monoisotopic (exact) mass is 359 g/mol. The van der Waals surface area contributed by atoms with Crippen LogP contribution in [0.5, 0.6) is 0 Å². The standard InChI is InChI=1S/C18H18FN3O2S/c1-10-6-13(24-3)7-11(2)16(10)14-9-25-18(21-14)22-17(23)12-4-5-20-15(19)8-12/h4-10,16H,1-3H3,(H,21,22,23). The molecular weight excluding hydrogens is 341 g/mol. The normalized spacial score (nSPS) is 19.8. The number of amides is 1. The number of carbonyl (C=O) groups is 1. The number of thiazole rings is 1. The SMILES string of the molecule is COC1=CC(C)C(c2csc(NC(=O)c3ccnc(F)c3)n2)C(C)=C1. The number of nitrogens with one attached hydrogen (secondary N) is 1. The fourth-order valence-electron chi connectivity index (χ4n) is 2.96. The molecule has 3 rings (SSSR count). The fourth-order valence-corrected chi connectivity index (χ4v) is 3.70. The van der Waals surface area contributed by atoms with Crippen LogP contribution in [-0.4, -0.2) is 23.0 Å². The number of rotatable bonds is 4. The van der Waals surface area contributed by atoms with Gasteiger partial charge in [-0.25, -0.2) is 9.97 Å². The first kappa shape index (κ1) is 17.3. The molecule has 0 aromatic carbocycles. The van der Waals surface area contributed by atoms with Gasteiger partial charge in [0.15, 0.2) is 5.13 Å². The zero-order chi connectivity index (χ0) is 18.0. The molecule has 5 nitrogen and oxygen atoms in total. The summed E-state index contributed by atoms with van der Waals surface area (Å²) >= 11 is 1.35. The van der Waals surface area contributed by atoms with E-state index in [4.69, 9.17) is 4.74 Å². The maximum absolute atomic E-state index is 13.1. The molecule has 2 unspecified atom stereocenters. The van der Waals surface area contributed by atoms with Gasteiger partial charge < -0.3 is 4.74 Å². The Morgan fingerprint density at radius 3 is 2.92 bits per heavy atom. The Kier molecular flexibility index (Phi) is 4.94. The van der Waals surface area contributed by atoms with E-state index in [0.29, 0.717) is 5.13 Å². The third kappa shape index (κ3) is 3.76. The molecule has 0 fully saturated rings. The third-order valence-corrected chi connectivity index (χ3v) is 4.87.